The topological polar surface area (TPSA) is 219 Å². The number of aliphatic hydroxyl groups excluding tert-OH is 1. The van der Waals surface area contributed by atoms with Gasteiger partial charge in [-0.25, -0.2) is 0 Å². The first-order valence-electron chi connectivity index (χ1n) is 42.3. The van der Waals surface area contributed by atoms with E-state index in [2.05, 4.69) is 132 Å². The Kier molecular flexibility index (Phi) is 93.7. The molecule has 0 amide bonds. The van der Waals surface area contributed by atoms with Crippen molar-refractivity contribution >= 4 is 29.8 Å². The smallest absolute Gasteiger partial charge is 0.303 e. The maximum absolute atomic E-state index is 10.3. The van der Waals surface area contributed by atoms with Crippen molar-refractivity contribution in [1.82, 2.24) is 0 Å². The lowest BCUT2D eigenvalue weighted by atomic mass is 10.1. The van der Waals surface area contributed by atoms with E-state index >= 15 is 0 Å². The van der Waals surface area contributed by atoms with Crippen LogP contribution in [0.1, 0.15) is 426 Å². The van der Waals surface area contributed by atoms with Gasteiger partial charge in [0.25, 0.3) is 0 Å². The summed E-state index contributed by atoms with van der Waals surface area (Å²) in [6, 6.07) is 0. The maximum Gasteiger partial charge on any atom is 0.303 e. The van der Waals surface area contributed by atoms with Crippen LogP contribution in [0, 0.1) is 0 Å². The van der Waals surface area contributed by atoms with Crippen molar-refractivity contribution in [2.75, 3.05) is 0 Å². The average molecular weight is 1440 g/mol. The summed E-state index contributed by atoms with van der Waals surface area (Å²) in [5.74, 6) is -3.37. The molecule has 1 rings (SSSR count). The highest BCUT2D eigenvalue weighted by Crippen LogP contribution is 2.30. The predicted octanol–water partition coefficient (Wildman–Crippen LogP) is 27.8. The molecule has 0 bridgehead atoms. The Hall–Kier alpha value is -4.81. The summed E-state index contributed by atoms with van der Waals surface area (Å²) in [5.41, 5.74) is 0. The number of hydrogen-bond donors (Lipinski definition) is 6. The van der Waals surface area contributed by atoms with E-state index in [1.165, 1.54) is 193 Å². The summed E-state index contributed by atoms with van der Waals surface area (Å²) in [4.78, 5) is 51.6. The molecule has 0 aliphatic carbocycles. The lowest BCUT2D eigenvalue weighted by Crippen LogP contribution is -2.04. The predicted molar refractivity (Wildman–Crippen MR) is 436 cm³/mol. The number of carboxylic acid groups (broad SMARTS) is 5. The van der Waals surface area contributed by atoms with E-state index in [0.717, 1.165) is 167 Å². The number of carbonyl (C=O) groups is 5. The molecule has 12 nitrogen and oxygen atoms in total. The van der Waals surface area contributed by atoms with Gasteiger partial charge in [-0.15, -0.1) is 0 Å². The number of allylic oxidation sites excluding steroid dienone is 14. The molecule has 0 radical (unpaired) electrons. The SMILES string of the molecule is CC/C=C\C/C=C\C/C=C\CCCCCCCC(=O)O.CCCCC/C=C\C/C=C\CCCCCCCC(=O)O.CCCCCCCC/C=C\CCCCCCCC(=O)O.CCCCCC[C@@H](O)C/C=C\CCCCCCCC(=O)O.CCCCC[C@H]1O[C@H]1C/C=C\CCCCCCCC(=O)O. The minimum Gasteiger partial charge on any atom is -0.481 e. The number of hydrogen-bond acceptors (Lipinski definition) is 7. The fourth-order valence-corrected chi connectivity index (χ4v) is 11.3. The first kappa shape index (κ1) is 104. The van der Waals surface area contributed by atoms with E-state index in [0.29, 0.717) is 44.3 Å². The molecular formula is C90H162O12. The van der Waals surface area contributed by atoms with Gasteiger partial charge in [-0.3, -0.25) is 24.0 Å². The fourth-order valence-electron chi connectivity index (χ4n) is 11.3. The second-order valence-corrected chi connectivity index (χ2v) is 28.1. The minimum atomic E-state index is -0.689. The van der Waals surface area contributed by atoms with Crippen molar-refractivity contribution in [3.05, 3.63) is 97.2 Å². The van der Waals surface area contributed by atoms with Gasteiger partial charge in [-0.05, 0) is 173 Å². The van der Waals surface area contributed by atoms with Gasteiger partial charge in [0, 0.05) is 32.1 Å². The lowest BCUT2D eigenvalue weighted by molar-refractivity contribution is -0.138. The quantitative estimate of drug-likeness (QED) is 0.0190. The zero-order valence-electron chi connectivity index (χ0n) is 66.7. The number of carboxylic acids is 5. The van der Waals surface area contributed by atoms with Crippen LogP contribution in [0.5, 0.6) is 0 Å². The number of rotatable bonds is 71. The van der Waals surface area contributed by atoms with Gasteiger partial charge >= 0.3 is 29.8 Å². The van der Waals surface area contributed by atoms with Gasteiger partial charge < -0.3 is 35.4 Å². The molecule has 1 aliphatic rings. The summed E-state index contributed by atoms with van der Waals surface area (Å²) in [6.45, 7) is 11.1. The summed E-state index contributed by atoms with van der Waals surface area (Å²) in [6.07, 6.45) is 103. The van der Waals surface area contributed by atoms with Crippen LogP contribution in [0.4, 0.5) is 0 Å². The van der Waals surface area contributed by atoms with E-state index in [1.807, 2.05) is 0 Å². The average Bonchev–Trinajstić information content (AvgIpc) is 1.71. The molecule has 0 spiro atoms. The zero-order valence-corrected chi connectivity index (χ0v) is 66.7. The Labute approximate surface area is 627 Å². The van der Waals surface area contributed by atoms with Crippen molar-refractivity contribution < 1.29 is 59.3 Å². The molecule has 6 N–H and O–H groups in total. The van der Waals surface area contributed by atoms with Gasteiger partial charge in [0.2, 0.25) is 0 Å². The standard InChI is InChI=1S/C18H32O3.C18H34O3.C18H34O2.C18H32O2.C18H30O2/c1-2-3-10-13-16-17(21-16)14-11-8-6-4-5-7-9-12-15-18(19)20;1-2-3-4-11-14-17(19)15-12-9-7-5-6-8-10-13-16-18(20)21;3*1-2-3-4-5-6-7-8-9-10-11-12-13-14-15-16-17-18(19)20/h8,11,16-17H,2-7,9-10,12-15H2,1H3,(H,19,20);9,12,17,19H,2-8,10-11,13-16H2,1H3,(H,20,21);9-10H,2-8,11-17H2,1H3,(H,19,20);6-7,9-10H,2-5,8,11-17H2,1H3,(H,19,20);3-4,6-7,9-10H,2,5,8,11-17H2,1H3,(H,19,20)/b11-8-;12-9-;10-9-;7-6-,10-9-;4-3-,7-6-,10-9-/t16-,17+;17-;;;/m11.../s1. The molecule has 1 aliphatic heterocycles. The highest BCUT2D eigenvalue weighted by Gasteiger charge is 2.36. The highest BCUT2D eigenvalue weighted by atomic mass is 16.6. The zero-order chi connectivity index (χ0) is 75.8. The van der Waals surface area contributed by atoms with E-state index in [9.17, 15) is 29.1 Å². The van der Waals surface area contributed by atoms with E-state index in [4.69, 9.17) is 30.3 Å². The fraction of sp³-hybridized carbons (Fsp3) is 0.767. The van der Waals surface area contributed by atoms with Crippen LogP contribution in [0.2, 0.25) is 0 Å². The number of epoxide rings is 1. The van der Waals surface area contributed by atoms with Crippen molar-refractivity contribution in [2.24, 2.45) is 0 Å². The molecule has 1 saturated heterocycles. The van der Waals surface area contributed by atoms with Crippen molar-refractivity contribution in [3.8, 4) is 0 Å². The number of ether oxygens (including phenoxy) is 1. The van der Waals surface area contributed by atoms with Crippen LogP contribution >= 0.6 is 0 Å². The van der Waals surface area contributed by atoms with Gasteiger partial charge in [0.1, 0.15) is 0 Å². The molecule has 1 heterocycles. The second-order valence-electron chi connectivity index (χ2n) is 28.1. The molecule has 3 atom stereocenters. The van der Waals surface area contributed by atoms with Gasteiger partial charge in [-0.2, -0.15) is 0 Å². The summed E-state index contributed by atoms with van der Waals surface area (Å²) in [7, 11) is 0. The monoisotopic (exact) mass is 1440 g/mol. The Morgan fingerprint density at radius 2 is 0.520 bits per heavy atom. The van der Waals surface area contributed by atoms with Gasteiger partial charge in [-0.1, -0.05) is 318 Å². The highest BCUT2D eigenvalue weighted by molar-refractivity contribution is 5.67. The molecule has 594 valence electrons. The first-order valence-corrected chi connectivity index (χ1v) is 42.3. The normalized spacial score (nSPS) is 13.8. The first-order chi connectivity index (χ1) is 49.7. The molecule has 102 heavy (non-hydrogen) atoms. The van der Waals surface area contributed by atoms with Gasteiger partial charge in [0.15, 0.2) is 0 Å². The Morgan fingerprint density at radius 1 is 0.275 bits per heavy atom. The maximum atomic E-state index is 10.3. The van der Waals surface area contributed by atoms with E-state index in [-0.39, 0.29) is 6.10 Å². The van der Waals surface area contributed by atoms with Crippen LogP contribution in [0.15, 0.2) is 97.2 Å². The number of aliphatic carboxylic acids is 5. The van der Waals surface area contributed by atoms with E-state index < -0.39 is 29.8 Å². The third kappa shape index (κ3) is 106. The Morgan fingerprint density at radius 3 is 0.853 bits per heavy atom. The third-order valence-corrected chi connectivity index (χ3v) is 17.8. The molecule has 0 aromatic rings. The largest absolute Gasteiger partial charge is 0.481 e. The lowest BCUT2D eigenvalue weighted by Gasteiger charge is -2.07. The van der Waals surface area contributed by atoms with Gasteiger partial charge in [0.05, 0.1) is 18.3 Å². The van der Waals surface area contributed by atoms with Crippen molar-refractivity contribution in [1.29, 1.82) is 0 Å². The number of aliphatic hydroxyl groups is 1. The molecule has 12 heteroatoms. The van der Waals surface area contributed by atoms with Crippen LogP contribution in [0.25, 0.3) is 0 Å². The minimum absolute atomic E-state index is 0.172. The summed E-state index contributed by atoms with van der Waals surface area (Å²) in [5, 5.41) is 52.3. The molecular weight excluding hydrogens is 1270 g/mol. The van der Waals surface area contributed by atoms with Crippen LogP contribution in [0.3, 0.4) is 0 Å². The van der Waals surface area contributed by atoms with Crippen molar-refractivity contribution in [2.45, 2.75) is 445 Å². The molecule has 1 fully saturated rings. The molecule has 0 aromatic heterocycles. The van der Waals surface area contributed by atoms with Crippen LogP contribution < -0.4 is 0 Å². The van der Waals surface area contributed by atoms with Crippen LogP contribution in [-0.4, -0.2) is 78.8 Å². The third-order valence-electron chi connectivity index (χ3n) is 17.8. The summed E-state index contributed by atoms with van der Waals surface area (Å²) < 4.78 is 5.66. The summed E-state index contributed by atoms with van der Waals surface area (Å²) >= 11 is 0. The van der Waals surface area contributed by atoms with E-state index in [1.54, 1.807) is 0 Å². The Balaban J connectivity index is -0.000000589. The molecule has 0 saturated carbocycles. The molecule has 0 unspecified atom stereocenters. The van der Waals surface area contributed by atoms with Crippen molar-refractivity contribution in [3.63, 3.8) is 0 Å². The molecule has 0 aromatic carbocycles. The Bertz CT molecular complexity index is 1980. The number of unbranched alkanes of at least 4 members (excludes halogenated alkanes) is 39. The second kappa shape index (κ2) is 92.3. The van der Waals surface area contributed by atoms with Crippen LogP contribution in [-0.2, 0) is 28.7 Å².